The third-order valence-corrected chi connectivity index (χ3v) is 3.37. The third-order valence-electron chi connectivity index (χ3n) is 3.37. The predicted molar refractivity (Wildman–Crippen MR) is 50.5 cm³/mol. The quantitative estimate of drug-likeness (QED) is 0.620. The molecule has 2 atom stereocenters. The maximum Gasteiger partial charge on any atom is 0.0695 e. The molecule has 13 heavy (non-hydrogen) atoms. The number of piperidine rings is 1. The monoisotopic (exact) mass is 185 g/mol. The number of hydrogen-bond acceptors (Lipinski definition) is 3. The van der Waals surface area contributed by atoms with Crippen molar-refractivity contribution in [2.45, 2.75) is 25.4 Å². The van der Waals surface area contributed by atoms with Crippen LogP contribution in [-0.4, -0.2) is 37.5 Å². The molecular weight excluding hydrogens is 166 g/mol. The van der Waals surface area contributed by atoms with Crippen molar-refractivity contribution in [2.75, 3.05) is 26.3 Å². The third kappa shape index (κ3) is 2.22. The molecule has 3 heteroatoms. The Morgan fingerprint density at radius 3 is 2.62 bits per heavy atom. The standard InChI is InChI=1S/C10H19NO2/c12-10-7-11-4-1-9(10)8-2-5-13-6-3-8/h8-12H,1-7H2. The molecule has 0 bridgehead atoms. The summed E-state index contributed by atoms with van der Waals surface area (Å²) in [5, 5.41) is 13.0. The molecule has 0 saturated carbocycles. The second-order valence-corrected chi connectivity index (χ2v) is 4.17. The van der Waals surface area contributed by atoms with E-state index in [1.165, 1.54) is 0 Å². The Balaban J connectivity index is 1.88. The van der Waals surface area contributed by atoms with Crippen LogP contribution in [0.2, 0.25) is 0 Å². The summed E-state index contributed by atoms with van der Waals surface area (Å²) in [7, 11) is 0. The molecule has 2 fully saturated rings. The SMILES string of the molecule is OC1CNCCC1C1CCOCC1. The summed E-state index contributed by atoms with van der Waals surface area (Å²) in [4.78, 5) is 0. The van der Waals surface area contributed by atoms with Crippen LogP contribution in [-0.2, 0) is 4.74 Å². The molecule has 0 aromatic rings. The van der Waals surface area contributed by atoms with Crippen LogP contribution in [0.1, 0.15) is 19.3 Å². The summed E-state index contributed by atoms with van der Waals surface area (Å²) in [6.45, 7) is 3.63. The highest BCUT2D eigenvalue weighted by molar-refractivity contribution is 4.83. The second kappa shape index (κ2) is 4.40. The maximum atomic E-state index is 9.82. The number of aliphatic hydroxyl groups is 1. The van der Waals surface area contributed by atoms with Crippen molar-refractivity contribution in [1.82, 2.24) is 5.32 Å². The lowest BCUT2D eigenvalue weighted by Gasteiger charge is -2.36. The van der Waals surface area contributed by atoms with Gasteiger partial charge in [-0.05, 0) is 37.6 Å². The molecule has 3 nitrogen and oxygen atoms in total. The van der Waals surface area contributed by atoms with Gasteiger partial charge in [0.15, 0.2) is 0 Å². The Morgan fingerprint density at radius 1 is 1.15 bits per heavy atom. The molecule has 0 radical (unpaired) electrons. The largest absolute Gasteiger partial charge is 0.392 e. The van der Waals surface area contributed by atoms with Crippen LogP contribution in [0.25, 0.3) is 0 Å². The molecule has 76 valence electrons. The van der Waals surface area contributed by atoms with Gasteiger partial charge in [0.1, 0.15) is 0 Å². The summed E-state index contributed by atoms with van der Waals surface area (Å²) in [6, 6.07) is 0. The van der Waals surface area contributed by atoms with Crippen molar-refractivity contribution in [3.8, 4) is 0 Å². The van der Waals surface area contributed by atoms with E-state index < -0.39 is 0 Å². The van der Waals surface area contributed by atoms with E-state index in [0.29, 0.717) is 11.8 Å². The predicted octanol–water partition coefficient (Wildman–Crippen LogP) is 0.383. The number of hydrogen-bond donors (Lipinski definition) is 2. The molecular formula is C10H19NO2. The lowest BCUT2D eigenvalue weighted by molar-refractivity contribution is -0.00747. The van der Waals surface area contributed by atoms with Crippen LogP contribution >= 0.6 is 0 Å². The van der Waals surface area contributed by atoms with Gasteiger partial charge in [0.2, 0.25) is 0 Å². The van der Waals surface area contributed by atoms with Gasteiger partial charge in [-0.1, -0.05) is 0 Å². The fraction of sp³-hybridized carbons (Fsp3) is 1.00. The Hall–Kier alpha value is -0.120. The Labute approximate surface area is 79.5 Å². The second-order valence-electron chi connectivity index (χ2n) is 4.17. The van der Waals surface area contributed by atoms with Crippen LogP contribution in [0, 0.1) is 11.8 Å². The summed E-state index contributed by atoms with van der Waals surface area (Å²) in [5.41, 5.74) is 0. The molecule has 2 saturated heterocycles. The first-order valence-corrected chi connectivity index (χ1v) is 5.34. The van der Waals surface area contributed by atoms with Crippen molar-refractivity contribution in [3.05, 3.63) is 0 Å². The highest BCUT2D eigenvalue weighted by Crippen LogP contribution is 2.29. The van der Waals surface area contributed by atoms with Crippen molar-refractivity contribution in [1.29, 1.82) is 0 Å². The molecule has 0 spiro atoms. The number of aliphatic hydroxyl groups excluding tert-OH is 1. The number of ether oxygens (including phenoxy) is 1. The van der Waals surface area contributed by atoms with E-state index in [4.69, 9.17) is 4.74 Å². The zero-order chi connectivity index (χ0) is 9.10. The molecule has 2 rings (SSSR count). The lowest BCUT2D eigenvalue weighted by atomic mass is 9.79. The molecule has 2 unspecified atom stereocenters. The zero-order valence-electron chi connectivity index (χ0n) is 8.04. The Kier molecular flexibility index (Phi) is 3.19. The molecule has 0 aromatic heterocycles. The van der Waals surface area contributed by atoms with Gasteiger partial charge in [-0.3, -0.25) is 0 Å². The van der Waals surface area contributed by atoms with E-state index in [1.54, 1.807) is 0 Å². The van der Waals surface area contributed by atoms with Crippen LogP contribution in [0.3, 0.4) is 0 Å². The molecule has 2 aliphatic heterocycles. The van der Waals surface area contributed by atoms with Gasteiger partial charge in [0.05, 0.1) is 6.10 Å². The minimum absolute atomic E-state index is 0.128. The van der Waals surface area contributed by atoms with E-state index in [2.05, 4.69) is 5.32 Å². The highest BCUT2D eigenvalue weighted by Gasteiger charge is 2.31. The average Bonchev–Trinajstić information content (AvgIpc) is 2.20. The number of β-amino-alcohol motifs (C(OH)–C–C–N with tert-alkyl or cyclic N) is 1. The Morgan fingerprint density at radius 2 is 1.92 bits per heavy atom. The summed E-state index contributed by atoms with van der Waals surface area (Å²) in [5.74, 6) is 1.22. The number of rotatable bonds is 1. The van der Waals surface area contributed by atoms with Crippen molar-refractivity contribution in [2.24, 2.45) is 11.8 Å². The van der Waals surface area contributed by atoms with Gasteiger partial charge in [0.25, 0.3) is 0 Å². The Bertz CT molecular complexity index is 157. The minimum atomic E-state index is -0.128. The van der Waals surface area contributed by atoms with E-state index in [0.717, 1.165) is 45.6 Å². The average molecular weight is 185 g/mol. The molecule has 0 aromatic carbocycles. The summed E-state index contributed by atoms with van der Waals surface area (Å²) >= 11 is 0. The zero-order valence-corrected chi connectivity index (χ0v) is 8.04. The summed E-state index contributed by atoms with van der Waals surface area (Å²) < 4.78 is 5.33. The van der Waals surface area contributed by atoms with Crippen molar-refractivity contribution >= 4 is 0 Å². The normalized spacial score (nSPS) is 37.6. The first-order valence-electron chi connectivity index (χ1n) is 5.34. The van der Waals surface area contributed by atoms with E-state index in [-0.39, 0.29) is 6.10 Å². The first kappa shape index (κ1) is 9.44. The van der Waals surface area contributed by atoms with Gasteiger partial charge < -0.3 is 15.2 Å². The number of nitrogens with one attached hydrogen (secondary N) is 1. The maximum absolute atomic E-state index is 9.82. The van der Waals surface area contributed by atoms with Crippen molar-refractivity contribution < 1.29 is 9.84 Å². The topological polar surface area (TPSA) is 41.5 Å². The van der Waals surface area contributed by atoms with Crippen LogP contribution < -0.4 is 5.32 Å². The summed E-state index contributed by atoms with van der Waals surface area (Å²) in [6.07, 6.45) is 3.28. The van der Waals surface area contributed by atoms with Gasteiger partial charge in [-0.2, -0.15) is 0 Å². The van der Waals surface area contributed by atoms with Gasteiger partial charge >= 0.3 is 0 Å². The highest BCUT2D eigenvalue weighted by atomic mass is 16.5. The lowest BCUT2D eigenvalue weighted by Crippen LogP contribution is -2.44. The van der Waals surface area contributed by atoms with Crippen LogP contribution in [0.5, 0.6) is 0 Å². The van der Waals surface area contributed by atoms with E-state index in [9.17, 15) is 5.11 Å². The van der Waals surface area contributed by atoms with Crippen molar-refractivity contribution in [3.63, 3.8) is 0 Å². The molecule has 0 aliphatic carbocycles. The molecule has 2 heterocycles. The smallest absolute Gasteiger partial charge is 0.0695 e. The van der Waals surface area contributed by atoms with Crippen LogP contribution in [0.4, 0.5) is 0 Å². The van der Waals surface area contributed by atoms with Crippen LogP contribution in [0.15, 0.2) is 0 Å². The fourth-order valence-electron chi connectivity index (χ4n) is 2.56. The van der Waals surface area contributed by atoms with Gasteiger partial charge in [-0.25, -0.2) is 0 Å². The molecule has 0 amide bonds. The fourth-order valence-corrected chi connectivity index (χ4v) is 2.56. The van der Waals surface area contributed by atoms with E-state index >= 15 is 0 Å². The van der Waals surface area contributed by atoms with Gasteiger partial charge in [0, 0.05) is 19.8 Å². The molecule has 2 aliphatic rings. The van der Waals surface area contributed by atoms with E-state index in [1.807, 2.05) is 0 Å². The first-order chi connectivity index (χ1) is 6.38. The minimum Gasteiger partial charge on any atom is -0.392 e. The van der Waals surface area contributed by atoms with Gasteiger partial charge in [-0.15, -0.1) is 0 Å². The molecule has 2 N–H and O–H groups in total.